The quantitative estimate of drug-likeness (QED) is 0.625. The molecule has 9 heteroatoms. The fourth-order valence-corrected chi connectivity index (χ4v) is 5.51. The zero-order valence-corrected chi connectivity index (χ0v) is 19.2. The highest BCUT2D eigenvalue weighted by Crippen LogP contribution is 2.41. The summed E-state index contributed by atoms with van der Waals surface area (Å²) in [7, 11) is 0. The molecule has 1 aromatic carbocycles. The van der Waals surface area contributed by atoms with Gasteiger partial charge in [0.05, 0.1) is 5.69 Å². The average Bonchev–Trinajstić information content (AvgIpc) is 2.78. The Morgan fingerprint density at radius 3 is 2.76 bits per heavy atom. The van der Waals surface area contributed by atoms with Gasteiger partial charge in [-0.2, -0.15) is 4.98 Å². The Balaban J connectivity index is 1.22. The first kappa shape index (κ1) is 22.1. The summed E-state index contributed by atoms with van der Waals surface area (Å²) < 4.78 is 1.51. The fourth-order valence-electron chi connectivity index (χ4n) is 5.51. The average molecular weight is 452 g/mol. The number of aryl methyl sites for hydroxylation is 1. The van der Waals surface area contributed by atoms with Gasteiger partial charge in [0, 0.05) is 57.5 Å². The first-order chi connectivity index (χ1) is 15.9. The van der Waals surface area contributed by atoms with E-state index in [2.05, 4.69) is 33.5 Å². The zero-order chi connectivity index (χ0) is 23.0. The number of fused-ring (bicyclic) bond motifs is 2. The maximum atomic E-state index is 12.7. The summed E-state index contributed by atoms with van der Waals surface area (Å²) in [5, 5.41) is 5.94. The fraction of sp³-hybridized carbons (Fsp3) is 0.542. The van der Waals surface area contributed by atoms with E-state index in [0.717, 1.165) is 56.3 Å². The number of amides is 2. The lowest BCUT2D eigenvalue weighted by atomic mass is 9.65. The van der Waals surface area contributed by atoms with Crippen molar-refractivity contribution in [3.63, 3.8) is 0 Å². The first-order valence-corrected chi connectivity index (χ1v) is 11.9. The van der Waals surface area contributed by atoms with Gasteiger partial charge in [-0.3, -0.25) is 9.88 Å². The number of nitrogens with zero attached hydrogens (tertiary/aromatic N) is 4. The second kappa shape index (κ2) is 8.89. The maximum Gasteiger partial charge on any atom is 0.354 e. The van der Waals surface area contributed by atoms with Crippen LogP contribution in [-0.4, -0.2) is 76.7 Å². The number of nitrogens with one attached hydrogen (secondary N) is 2. The number of hydrogen-bond acceptors (Lipinski definition) is 6. The van der Waals surface area contributed by atoms with E-state index in [1.165, 1.54) is 23.0 Å². The molecule has 2 bridgehead atoms. The van der Waals surface area contributed by atoms with E-state index in [4.69, 9.17) is 5.73 Å². The van der Waals surface area contributed by atoms with Crippen molar-refractivity contribution in [1.82, 2.24) is 24.7 Å². The Bertz CT molecular complexity index is 1090. The number of piperidine rings is 2. The minimum absolute atomic E-state index is 0.0482. The molecule has 2 amide bonds. The molecule has 3 aliphatic heterocycles. The van der Waals surface area contributed by atoms with Crippen molar-refractivity contribution in [3.05, 3.63) is 52.1 Å². The SMILES string of the molecule is Cc1cc(-n2ccc(NC(=O)N3CCNCC3)nc2=O)ccc1CCN1CC2CC(N)(C2)C1. The highest BCUT2D eigenvalue weighted by molar-refractivity contribution is 5.88. The number of carbonyl (C=O) groups is 1. The van der Waals surface area contributed by atoms with Gasteiger partial charge in [-0.1, -0.05) is 6.07 Å². The smallest absolute Gasteiger partial charge is 0.324 e. The normalized spacial score (nSPS) is 24.9. The Morgan fingerprint density at radius 1 is 1.27 bits per heavy atom. The van der Waals surface area contributed by atoms with Gasteiger partial charge < -0.3 is 20.9 Å². The van der Waals surface area contributed by atoms with Crippen molar-refractivity contribution in [2.45, 2.75) is 31.7 Å². The van der Waals surface area contributed by atoms with Crippen LogP contribution in [0, 0.1) is 12.8 Å². The van der Waals surface area contributed by atoms with E-state index in [1.807, 2.05) is 12.1 Å². The topological polar surface area (TPSA) is 109 Å². The van der Waals surface area contributed by atoms with Gasteiger partial charge in [0.25, 0.3) is 0 Å². The number of piperazine rings is 1. The molecule has 0 unspecified atom stereocenters. The summed E-state index contributed by atoms with van der Waals surface area (Å²) >= 11 is 0. The van der Waals surface area contributed by atoms with Crippen molar-refractivity contribution in [1.29, 1.82) is 0 Å². The number of rotatable bonds is 5. The van der Waals surface area contributed by atoms with Crippen molar-refractivity contribution >= 4 is 11.8 Å². The second-order valence-electron chi connectivity index (χ2n) is 9.87. The second-order valence-corrected chi connectivity index (χ2v) is 9.87. The summed E-state index contributed by atoms with van der Waals surface area (Å²) in [6, 6.07) is 7.51. The lowest BCUT2D eigenvalue weighted by molar-refractivity contribution is 0.00374. The van der Waals surface area contributed by atoms with E-state index in [9.17, 15) is 9.59 Å². The molecule has 2 aromatic rings. The lowest BCUT2D eigenvalue weighted by Crippen LogP contribution is -2.66. The van der Waals surface area contributed by atoms with Crippen molar-refractivity contribution < 1.29 is 4.79 Å². The zero-order valence-electron chi connectivity index (χ0n) is 19.2. The van der Waals surface area contributed by atoms with Crippen LogP contribution in [0.2, 0.25) is 0 Å². The molecular formula is C24H33N7O2. The molecule has 9 nitrogen and oxygen atoms in total. The summed E-state index contributed by atoms with van der Waals surface area (Å²) in [6.07, 6.45) is 4.99. The van der Waals surface area contributed by atoms with Crippen molar-refractivity contribution in [2.75, 3.05) is 51.1 Å². The molecule has 0 spiro atoms. The molecule has 176 valence electrons. The van der Waals surface area contributed by atoms with Crippen LogP contribution in [0.4, 0.5) is 10.6 Å². The van der Waals surface area contributed by atoms with Gasteiger partial charge in [-0.05, 0) is 61.4 Å². The van der Waals surface area contributed by atoms with Crippen LogP contribution in [0.1, 0.15) is 24.0 Å². The van der Waals surface area contributed by atoms with E-state index >= 15 is 0 Å². The van der Waals surface area contributed by atoms with Crippen LogP contribution in [-0.2, 0) is 6.42 Å². The van der Waals surface area contributed by atoms with Crippen LogP contribution >= 0.6 is 0 Å². The molecule has 4 fully saturated rings. The van der Waals surface area contributed by atoms with Gasteiger partial charge in [-0.25, -0.2) is 9.59 Å². The third kappa shape index (κ3) is 4.80. The van der Waals surface area contributed by atoms with Gasteiger partial charge >= 0.3 is 11.7 Å². The summed E-state index contributed by atoms with van der Waals surface area (Å²) in [6.45, 7) is 8.07. The third-order valence-corrected chi connectivity index (χ3v) is 7.19. The molecule has 6 rings (SSSR count). The Morgan fingerprint density at radius 2 is 2.06 bits per heavy atom. The number of hydrogen-bond donors (Lipinski definition) is 3. The summed E-state index contributed by atoms with van der Waals surface area (Å²) in [5.74, 6) is 1.04. The number of aromatic nitrogens is 2. The lowest BCUT2D eigenvalue weighted by Gasteiger charge is -2.54. The maximum absolute atomic E-state index is 12.7. The van der Waals surface area contributed by atoms with Crippen LogP contribution < -0.4 is 22.1 Å². The molecule has 33 heavy (non-hydrogen) atoms. The number of benzene rings is 1. The standard InChI is InChI=1S/C24H33N7O2/c1-17-12-20(3-2-19(17)4-8-29-15-18-13-24(25,14-18)16-29)31-9-5-21(28-23(31)33)27-22(32)30-10-6-26-7-11-30/h2-3,5,9,12,18,26H,4,6-8,10-11,13-16,25H2,1H3,(H,27,28,32,33). The molecule has 1 saturated carbocycles. The Kier molecular flexibility index (Phi) is 5.94. The van der Waals surface area contributed by atoms with E-state index < -0.39 is 5.69 Å². The van der Waals surface area contributed by atoms with Crippen LogP contribution in [0.25, 0.3) is 5.69 Å². The van der Waals surface area contributed by atoms with Crippen LogP contribution in [0.15, 0.2) is 35.3 Å². The van der Waals surface area contributed by atoms with Gasteiger partial charge in [0.15, 0.2) is 0 Å². The molecule has 1 aromatic heterocycles. The first-order valence-electron chi connectivity index (χ1n) is 11.9. The Hall–Kier alpha value is -2.75. The largest absolute Gasteiger partial charge is 0.354 e. The summed E-state index contributed by atoms with van der Waals surface area (Å²) in [5.41, 5.74) is 9.24. The van der Waals surface area contributed by atoms with Crippen molar-refractivity contribution in [3.8, 4) is 5.69 Å². The van der Waals surface area contributed by atoms with Crippen LogP contribution in [0.3, 0.4) is 0 Å². The van der Waals surface area contributed by atoms with E-state index in [1.54, 1.807) is 17.2 Å². The molecule has 4 heterocycles. The number of anilines is 1. The highest BCUT2D eigenvalue weighted by Gasteiger charge is 2.46. The third-order valence-electron chi connectivity index (χ3n) is 7.19. The van der Waals surface area contributed by atoms with Gasteiger partial charge in [-0.15, -0.1) is 0 Å². The predicted molar refractivity (Wildman–Crippen MR) is 128 cm³/mol. The van der Waals surface area contributed by atoms with Crippen LogP contribution in [0.5, 0.6) is 0 Å². The number of urea groups is 1. The molecule has 4 aliphatic rings. The van der Waals surface area contributed by atoms with Gasteiger partial charge in [0.2, 0.25) is 0 Å². The summed E-state index contributed by atoms with van der Waals surface area (Å²) in [4.78, 5) is 33.3. The number of nitrogens with two attached hydrogens (primary N) is 1. The molecular weight excluding hydrogens is 418 g/mol. The van der Waals surface area contributed by atoms with Crippen molar-refractivity contribution in [2.24, 2.45) is 11.7 Å². The molecule has 0 radical (unpaired) electrons. The van der Waals surface area contributed by atoms with E-state index in [-0.39, 0.29) is 17.4 Å². The predicted octanol–water partition coefficient (Wildman–Crippen LogP) is 0.944. The highest BCUT2D eigenvalue weighted by atomic mass is 16.2. The Labute approximate surface area is 194 Å². The van der Waals surface area contributed by atoms with Gasteiger partial charge in [0.1, 0.15) is 5.82 Å². The molecule has 3 saturated heterocycles. The monoisotopic (exact) mass is 451 g/mol. The minimum Gasteiger partial charge on any atom is -0.324 e. The molecule has 1 aliphatic carbocycles. The minimum atomic E-state index is -0.416. The van der Waals surface area contributed by atoms with E-state index in [0.29, 0.717) is 13.1 Å². The number of carbonyl (C=O) groups excluding carboxylic acids is 1. The molecule has 0 atom stereocenters. The molecule has 4 N–H and O–H groups in total.